The summed E-state index contributed by atoms with van der Waals surface area (Å²) in [5, 5.41) is 11.9. The molecule has 0 radical (unpaired) electrons. The number of aliphatic hydroxyl groups excluding tert-OH is 1. The van der Waals surface area contributed by atoms with E-state index in [0.717, 1.165) is 18.5 Å². The van der Waals surface area contributed by atoms with Gasteiger partial charge in [-0.2, -0.15) is 0 Å². The Balaban J connectivity index is 2.61. The Labute approximate surface area is 121 Å². The highest BCUT2D eigenvalue weighted by molar-refractivity contribution is 5.95. The van der Waals surface area contributed by atoms with Gasteiger partial charge in [-0.3, -0.25) is 4.79 Å². The van der Waals surface area contributed by atoms with Crippen molar-refractivity contribution < 1.29 is 9.90 Å². The topological polar surface area (TPSA) is 52.6 Å². The number of anilines is 1. The Kier molecular flexibility index (Phi) is 6.02. The zero-order valence-electron chi connectivity index (χ0n) is 12.9. The van der Waals surface area contributed by atoms with Crippen LogP contribution in [0.4, 0.5) is 5.69 Å². The van der Waals surface area contributed by atoms with E-state index >= 15 is 0 Å². The van der Waals surface area contributed by atoms with Crippen LogP contribution in [-0.4, -0.2) is 38.3 Å². The van der Waals surface area contributed by atoms with Gasteiger partial charge in [0.2, 0.25) is 0 Å². The summed E-state index contributed by atoms with van der Waals surface area (Å²) in [5.74, 6) is -0.0502. The van der Waals surface area contributed by atoms with Crippen LogP contribution in [0.15, 0.2) is 24.3 Å². The van der Waals surface area contributed by atoms with Crippen molar-refractivity contribution >= 4 is 11.6 Å². The van der Waals surface area contributed by atoms with E-state index in [1.165, 1.54) is 0 Å². The lowest BCUT2D eigenvalue weighted by Crippen LogP contribution is -2.34. The van der Waals surface area contributed by atoms with Crippen molar-refractivity contribution in [2.75, 3.05) is 32.1 Å². The average molecular weight is 278 g/mol. The molecule has 0 aliphatic heterocycles. The summed E-state index contributed by atoms with van der Waals surface area (Å²) >= 11 is 0. The van der Waals surface area contributed by atoms with E-state index in [1.807, 2.05) is 43.3 Å². The van der Waals surface area contributed by atoms with Crippen LogP contribution in [0.25, 0.3) is 0 Å². The number of amides is 1. The molecule has 0 bridgehead atoms. The van der Waals surface area contributed by atoms with Gasteiger partial charge in [0.15, 0.2) is 0 Å². The van der Waals surface area contributed by atoms with Gasteiger partial charge in [0, 0.05) is 38.5 Å². The number of carbonyl (C=O) groups excluding carboxylic acids is 1. The van der Waals surface area contributed by atoms with Gasteiger partial charge in [-0.1, -0.05) is 19.9 Å². The number of aliphatic hydroxyl groups is 1. The standard InChI is InChI=1S/C16H26N2O2/c1-16(2,9-6-10-19)12-17-15(20)13-7-5-8-14(11-13)18(3)4/h5,7-8,11,19H,6,9-10,12H2,1-4H3,(H,17,20). The molecule has 0 spiro atoms. The minimum atomic E-state index is -0.0502. The molecule has 0 fully saturated rings. The molecule has 0 aliphatic carbocycles. The maximum atomic E-state index is 12.2. The monoisotopic (exact) mass is 278 g/mol. The molecular formula is C16H26N2O2. The molecule has 0 unspecified atom stereocenters. The molecule has 1 aromatic carbocycles. The molecule has 0 heterocycles. The zero-order valence-corrected chi connectivity index (χ0v) is 12.9. The van der Waals surface area contributed by atoms with Crippen LogP contribution in [0, 0.1) is 5.41 Å². The Hall–Kier alpha value is -1.55. The lowest BCUT2D eigenvalue weighted by atomic mass is 9.88. The average Bonchev–Trinajstić information content (AvgIpc) is 2.43. The van der Waals surface area contributed by atoms with Crippen molar-refractivity contribution in [3.8, 4) is 0 Å². The number of rotatable bonds is 7. The Morgan fingerprint density at radius 2 is 2.05 bits per heavy atom. The van der Waals surface area contributed by atoms with E-state index < -0.39 is 0 Å². The highest BCUT2D eigenvalue weighted by Gasteiger charge is 2.18. The zero-order chi connectivity index (χ0) is 15.2. The summed E-state index contributed by atoms with van der Waals surface area (Å²) in [6, 6.07) is 7.57. The van der Waals surface area contributed by atoms with E-state index in [2.05, 4.69) is 19.2 Å². The minimum absolute atomic E-state index is 0.00243. The fourth-order valence-electron chi connectivity index (χ4n) is 1.99. The lowest BCUT2D eigenvalue weighted by molar-refractivity contribution is 0.0933. The fraction of sp³-hybridized carbons (Fsp3) is 0.562. The molecular weight excluding hydrogens is 252 g/mol. The number of carbonyl (C=O) groups is 1. The lowest BCUT2D eigenvalue weighted by Gasteiger charge is -2.24. The van der Waals surface area contributed by atoms with Gasteiger partial charge in [-0.05, 0) is 36.5 Å². The first-order valence-electron chi connectivity index (χ1n) is 7.02. The molecule has 4 heteroatoms. The van der Waals surface area contributed by atoms with E-state index in [1.54, 1.807) is 0 Å². The second kappa shape index (κ2) is 7.29. The van der Waals surface area contributed by atoms with Crippen molar-refractivity contribution in [2.24, 2.45) is 5.41 Å². The Morgan fingerprint density at radius 1 is 1.35 bits per heavy atom. The second-order valence-electron chi connectivity index (χ2n) is 6.12. The molecule has 2 N–H and O–H groups in total. The van der Waals surface area contributed by atoms with Gasteiger partial charge in [-0.25, -0.2) is 0 Å². The second-order valence-corrected chi connectivity index (χ2v) is 6.12. The number of nitrogens with zero attached hydrogens (tertiary/aromatic N) is 1. The van der Waals surface area contributed by atoms with Crippen LogP contribution in [0.3, 0.4) is 0 Å². The first-order valence-corrected chi connectivity index (χ1v) is 7.02. The van der Waals surface area contributed by atoms with E-state index in [4.69, 9.17) is 5.11 Å². The van der Waals surface area contributed by atoms with Gasteiger partial charge in [0.05, 0.1) is 0 Å². The Morgan fingerprint density at radius 3 is 2.65 bits per heavy atom. The van der Waals surface area contributed by atoms with Crippen molar-refractivity contribution in [3.05, 3.63) is 29.8 Å². The molecule has 112 valence electrons. The molecule has 1 amide bonds. The molecule has 0 saturated heterocycles. The molecule has 0 saturated carbocycles. The molecule has 0 atom stereocenters. The molecule has 0 aliphatic rings. The van der Waals surface area contributed by atoms with Gasteiger partial charge in [-0.15, -0.1) is 0 Å². The minimum Gasteiger partial charge on any atom is -0.396 e. The summed E-state index contributed by atoms with van der Waals surface area (Å²) in [6.45, 7) is 5.00. The van der Waals surface area contributed by atoms with Gasteiger partial charge in [0.1, 0.15) is 0 Å². The summed E-state index contributed by atoms with van der Waals surface area (Å²) in [7, 11) is 3.91. The summed E-state index contributed by atoms with van der Waals surface area (Å²) in [6.07, 6.45) is 1.65. The highest BCUT2D eigenvalue weighted by atomic mass is 16.2. The van der Waals surface area contributed by atoms with Crippen LogP contribution in [0.1, 0.15) is 37.0 Å². The molecule has 4 nitrogen and oxygen atoms in total. The van der Waals surface area contributed by atoms with Crippen LogP contribution in [0.5, 0.6) is 0 Å². The van der Waals surface area contributed by atoms with E-state index in [0.29, 0.717) is 12.1 Å². The van der Waals surface area contributed by atoms with E-state index in [-0.39, 0.29) is 17.9 Å². The van der Waals surface area contributed by atoms with Crippen molar-refractivity contribution in [2.45, 2.75) is 26.7 Å². The van der Waals surface area contributed by atoms with Gasteiger partial charge in [0.25, 0.3) is 5.91 Å². The molecule has 1 rings (SSSR count). The van der Waals surface area contributed by atoms with Crippen LogP contribution >= 0.6 is 0 Å². The summed E-state index contributed by atoms with van der Waals surface area (Å²) in [4.78, 5) is 14.1. The normalized spacial score (nSPS) is 11.2. The number of benzene rings is 1. The molecule has 0 aromatic heterocycles. The predicted octanol–water partition coefficient (Wildman–Crippen LogP) is 2.28. The van der Waals surface area contributed by atoms with Gasteiger partial charge >= 0.3 is 0 Å². The van der Waals surface area contributed by atoms with Crippen LogP contribution in [0.2, 0.25) is 0 Å². The Bertz CT molecular complexity index is 442. The summed E-state index contributed by atoms with van der Waals surface area (Å²) < 4.78 is 0. The predicted molar refractivity (Wildman–Crippen MR) is 83.2 cm³/mol. The number of nitrogens with one attached hydrogen (secondary N) is 1. The highest BCUT2D eigenvalue weighted by Crippen LogP contribution is 2.21. The third-order valence-corrected chi connectivity index (χ3v) is 3.36. The maximum absolute atomic E-state index is 12.2. The first kappa shape index (κ1) is 16.5. The third kappa shape index (κ3) is 5.21. The SMILES string of the molecule is CN(C)c1cccc(C(=O)NCC(C)(C)CCCO)c1. The van der Waals surface area contributed by atoms with Crippen molar-refractivity contribution in [1.82, 2.24) is 5.32 Å². The quantitative estimate of drug-likeness (QED) is 0.804. The largest absolute Gasteiger partial charge is 0.396 e. The first-order chi connectivity index (χ1) is 9.35. The van der Waals surface area contributed by atoms with Crippen LogP contribution < -0.4 is 10.2 Å². The third-order valence-electron chi connectivity index (χ3n) is 3.36. The molecule has 1 aromatic rings. The number of hydrogen-bond donors (Lipinski definition) is 2. The maximum Gasteiger partial charge on any atom is 0.251 e. The summed E-state index contributed by atoms with van der Waals surface area (Å²) in [5.41, 5.74) is 1.68. The van der Waals surface area contributed by atoms with Crippen LogP contribution in [-0.2, 0) is 0 Å². The van der Waals surface area contributed by atoms with E-state index in [9.17, 15) is 4.79 Å². The van der Waals surface area contributed by atoms with Crippen molar-refractivity contribution in [3.63, 3.8) is 0 Å². The number of hydrogen-bond acceptors (Lipinski definition) is 3. The van der Waals surface area contributed by atoms with Crippen molar-refractivity contribution in [1.29, 1.82) is 0 Å². The van der Waals surface area contributed by atoms with Gasteiger partial charge < -0.3 is 15.3 Å². The smallest absolute Gasteiger partial charge is 0.251 e. The fourth-order valence-corrected chi connectivity index (χ4v) is 1.99. The molecule has 20 heavy (non-hydrogen) atoms.